The third-order valence-corrected chi connectivity index (χ3v) is 8.11. The van der Waals surface area contributed by atoms with Gasteiger partial charge in [-0.25, -0.2) is 9.59 Å². The molecule has 2 aliphatic carbocycles. The molecule has 3 atom stereocenters. The van der Waals surface area contributed by atoms with E-state index in [9.17, 15) is 28.8 Å². The highest BCUT2D eigenvalue weighted by atomic mass is 16.2. The highest BCUT2D eigenvalue weighted by Crippen LogP contribution is 2.48. The Morgan fingerprint density at radius 1 is 0.824 bits per heavy atom. The number of urea groups is 2. The molecule has 0 spiro atoms. The number of allylic oxidation sites excluding steroid dienone is 1. The van der Waals surface area contributed by atoms with Gasteiger partial charge >= 0.3 is 12.1 Å². The summed E-state index contributed by atoms with van der Waals surface area (Å²) in [6.07, 6.45) is 7.91. The van der Waals surface area contributed by atoms with E-state index in [1.165, 1.54) is 12.8 Å². The van der Waals surface area contributed by atoms with E-state index in [-0.39, 0.29) is 5.92 Å². The fourth-order valence-electron chi connectivity index (χ4n) is 5.85. The summed E-state index contributed by atoms with van der Waals surface area (Å²) in [7, 11) is 0. The third-order valence-electron chi connectivity index (χ3n) is 8.11. The molecule has 186 valence electrons. The van der Waals surface area contributed by atoms with E-state index >= 15 is 0 Å². The number of carbonyl (C=O) groups is 6. The van der Waals surface area contributed by atoms with Gasteiger partial charge in [-0.1, -0.05) is 40.2 Å². The molecule has 0 aromatic carbocycles. The Morgan fingerprint density at radius 2 is 1.35 bits per heavy atom. The number of rotatable bonds is 5. The van der Waals surface area contributed by atoms with Crippen molar-refractivity contribution < 1.29 is 28.8 Å². The highest BCUT2D eigenvalue weighted by molar-refractivity contribution is 6.21. The summed E-state index contributed by atoms with van der Waals surface area (Å²) in [6, 6.07) is -1.43. The Bertz CT molecular complexity index is 915. The van der Waals surface area contributed by atoms with Crippen LogP contribution in [0.5, 0.6) is 0 Å². The van der Waals surface area contributed by atoms with Gasteiger partial charge in [0.15, 0.2) is 0 Å². The summed E-state index contributed by atoms with van der Waals surface area (Å²) in [5.74, 6) is -0.883. The van der Waals surface area contributed by atoms with Crippen LogP contribution in [0.15, 0.2) is 11.6 Å². The van der Waals surface area contributed by atoms with Gasteiger partial charge in [-0.2, -0.15) is 0 Å². The second-order valence-corrected chi connectivity index (χ2v) is 9.70. The fraction of sp³-hybridized carbons (Fsp3) is 0.667. The van der Waals surface area contributed by atoms with E-state index in [1.54, 1.807) is 6.92 Å². The molecular formula is C24H34N4O6. The highest BCUT2D eigenvalue weighted by Gasteiger charge is 2.53. The van der Waals surface area contributed by atoms with Crippen molar-refractivity contribution in [3.63, 3.8) is 0 Å². The number of carbonyl (C=O) groups excluding carboxylic acids is 6. The molecule has 34 heavy (non-hydrogen) atoms. The molecule has 4 N–H and O–H groups in total. The molecular weight excluding hydrogens is 440 g/mol. The van der Waals surface area contributed by atoms with Crippen molar-refractivity contribution in [2.24, 2.45) is 28.6 Å². The lowest BCUT2D eigenvalue weighted by molar-refractivity contribution is -0.148. The number of fused-ring (bicyclic) bond motifs is 2. The molecule has 1 unspecified atom stereocenters. The Hall–Kier alpha value is -3.04. The van der Waals surface area contributed by atoms with Gasteiger partial charge in [-0.05, 0) is 61.9 Å². The quantitative estimate of drug-likeness (QED) is 0.355. The van der Waals surface area contributed by atoms with Crippen LogP contribution in [-0.2, 0) is 19.2 Å². The normalized spacial score (nSPS) is 27.9. The number of hydrogen-bond donors (Lipinski definition) is 4. The van der Waals surface area contributed by atoms with Crippen LogP contribution >= 0.6 is 0 Å². The Kier molecular flexibility index (Phi) is 7.28. The van der Waals surface area contributed by atoms with Gasteiger partial charge in [-0.15, -0.1) is 0 Å². The largest absolute Gasteiger partial charge is 0.328 e. The zero-order chi connectivity index (χ0) is 25.3. The molecule has 2 saturated heterocycles. The lowest BCUT2D eigenvalue weighted by atomic mass is 9.69. The number of imide groups is 4. The van der Waals surface area contributed by atoms with Crippen molar-refractivity contribution in [2.75, 3.05) is 0 Å². The Morgan fingerprint density at radius 3 is 1.79 bits per heavy atom. The molecule has 2 bridgehead atoms. The molecule has 4 aliphatic rings. The van der Waals surface area contributed by atoms with Crippen molar-refractivity contribution in [3.05, 3.63) is 11.6 Å². The van der Waals surface area contributed by atoms with Gasteiger partial charge in [0.1, 0.15) is 10.8 Å². The smallest absolute Gasteiger partial charge is 0.277 e. The number of nitrogens with one attached hydrogen (secondary N) is 4. The molecule has 10 nitrogen and oxygen atoms in total. The van der Waals surface area contributed by atoms with Crippen LogP contribution in [0.1, 0.15) is 72.6 Å². The molecule has 0 aromatic rings. The molecule has 10 heteroatoms. The number of barbiturate groups is 2. The predicted octanol–water partition coefficient (Wildman–Crippen LogP) is 2.29. The molecule has 0 aromatic heterocycles. The minimum atomic E-state index is -1.17. The van der Waals surface area contributed by atoms with Crippen LogP contribution in [0.2, 0.25) is 0 Å². The zero-order valence-electron chi connectivity index (χ0n) is 20.2. The number of amides is 8. The third kappa shape index (κ3) is 4.14. The van der Waals surface area contributed by atoms with Crippen LogP contribution in [0.25, 0.3) is 0 Å². The van der Waals surface area contributed by atoms with Crippen molar-refractivity contribution >= 4 is 35.7 Å². The summed E-state index contributed by atoms with van der Waals surface area (Å²) in [4.78, 5) is 70.2. The molecule has 4 rings (SSSR count). The van der Waals surface area contributed by atoms with Crippen LogP contribution in [0, 0.1) is 28.6 Å². The van der Waals surface area contributed by atoms with Crippen LogP contribution < -0.4 is 21.3 Å². The van der Waals surface area contributed by atoms with E-state index < -0.39 is 46.5 Å². The SMILES string of the molecule is CCC(C)C1(CC)C(=O)NC(=O)NC1=O.CCC1(C2=C[C@H]3CC[C@@H](C2)C3)C(=O)NC(=O)NC1=O. The zero-order valence-corrected chi connectivity index (χ0v) is 20.2. The van der Waals surface area contributed by atoms with Crippen LogP contribution in [-0.4, -0.2) is 35.7 Å². The van der Waals surface area contributed by atoms with Crippen molar-refractivity contribution in [2.45, 2.75) is 72.6 Å². The first-order valence-electron chi connectivity index (χ1n) is 12.1. The van der Waals surface area contributed by atoms with E-state index in [1.807, 2.05) is 20.8 Å². The summed E-state index contributed by atoms with van der Waals surface area (Å²) in [5, 5.41) is 8.81. The summed E-state index contributed by atoms with van der Waals surface area (Å²) in [5.41, 5.74) is -1.35. The predicted molar refractivity (Wildman–Crippen MR) is 122 cm³/mol. The van der Waals surface area contributed by atoms with E-state index in [2.05, 4.69) is 27.3 Å². The van der Waals surface area contributed by atoms with Gasteiger partial charge in [0, 0.05) is 0 Å². The standard InChI is InChI=1S/C14H18N2O3.C10H16N2O3/c1-2-14(11(17)15-13(19)16-12(14)18)10-6-8-3-4-9(5-8)7-10;1-4-6(3)10(5-2)7(13)11-9(15)12-8(10)14/h6,8-9H,2-5,7H2,1H3,(H2,15,16,17,18,19);6H,4-5H2,1-3H3,(H2,11,12,13,14,15)/t8-,9+;/m0./s1. The molecule has 1 saturated carbocycles. The van der Waals surface area contributed by atoms with E-state index in [4.69, 9.17) is 0 Å². The van der Waals surface area contributed by atoms with Crippen molar-refractivity contribution in [1.82, 2.24) is 21.3 Å². The van der Waals surface area contributed by atoms with Crippen LogP contribution in [0.4, 0.5) is 9.59 Å². The first-order chi connectivity index (χ1) is 16.0. The maximum atomic E-state index is 12.3. The average molecular weight is 475 g/mol. The first kappa shape index (κ1) is 25.6. The molecule has 2 heterocycles. The first-order valence-corrected chi connectivity index (χ1v) is 12.1. The second kappa shape index (κ2) is 9.68. The van der Waals surface area contributed by atoms with Gasteiger partial charge in [0.2, 0.25) is 23.6 Å². The summed E-state index contributed by atoms with van der Waals surface area (Å²) in [6.45, 7) is 7.37. The minimum Gasteiger partial charge on any atom is -0.277 e. The maximum Gasteiger partial charge on any atom is 0.328 e. The van der Waals surface area contributed by atoms with Gasteiger partial charge < -0.3 is 0 Å². The summed E-state index contributed by atoms with van der Waals surface area (Å²) >= 11 is 0. The van der Waals surface area contributed by atoms with Gasteiger partial charge in [0.05, 0.1) is 0 Å². The maximum absolute atomic E-state index is 12.3. The molecule has 8 amide bonds. The van der Waals surface area contributed by atoms with Crippen molar-refractivity contribution in [3.8, 4) is 0 Å². The van der Waals surface area contributed by atoms with E-state index in [0.29, 0.717) is 31.1 Å². The molecule has 3 fully saturated rings. The average Bonchev–Trinajstić information content (AvgIpc) is 3.11. The van der Waals surface area contributed by atoms with E-state index in [0.717, 1.165) is 18.4 Å². The van der Waals surface area contributed by atoms with Crippen molar-refractivity contribution in [1.29, 1.82) is 0 Å². The monoisotopic (exact) mass is 474 g/mol. The van der Waals surface area contributed by atoms with Crippen LogP contribution in [0.3, 0.4) is 0 Å². The molecule has 2 aliphatic heterocycles. The Balaban J connectivity index is 0.000000197. The second-order valence-electron chi connectivity index (χ2n) is 9.70. The van der Waals surface area contributed by atoms with Gasteiger partial charge in [-0.3, -0.25) is 40.4 Å². The number of hydrogen-bond acceptors (Lipinski definition) is 6. The lowest BCUT2D eigenvalue weighted by Crippen LogP contribution is -2.64. The lowest BCUT2D eigenvalue weighted by Gasteiger charge is -2.37. The van der Waals surface area contributed by atoms with Gasteiger partial charge in [0.25, 0.3) is 0 Å². The topological polar surface area (TPSA) is 151 Å². The molecule has 0 radical (unpaired) electrons. The Labute approximate surface area is 199 Å². The fourth-order valence-corrected chi connectivity index (χ4v) is 5.85. The summed E-state index contributed by atoms with van der Waals surface area (Å²) < 4.78 is 0. The minimum absolute atomic E-state index is 0.0874.